The van der Waals surface area contributed by atoms with Gasteiger partial charge in [0.2, 0.25) is 5.95 Å². The maximum Gasteiger partial charge on any atom is 0.228 e. The molecule has 3 aromatic heterocycles. The Hall–Kier alpha value is -2.87. The number of anilines is 2. The van der Waals surface area contributed by atoms with Gasteiger partial charge >= 0.3 is 0 Å². The summed E-state index contributed by atoms with van der Waals surface area (Å²) in [5.74, 6) is 2.43. The van der Waals surface area contributed by atoms with Crippen molar-refractivity contribution in [3.63, 3.8) is 0 Å². The smallest absolute Gasteiger partial charge is 0.228 e. The molecule has 1 aliphatic heterocycles. The van der Waals surface area contributed by atoms with Crippen molar-refractivity contribution >= 4 is 11.8 Å². The lowest BCUT2D eigenvalue weighted by Crippen LogP contribution is -2.34. The van der Waals surface area contributed by atoms with E-state index >= 15 is 0 Å². The fourth-order valence-electron chi connectivity index (χ4n) is 3.39. The molecule has 1 aliphatic rings. The van der Waals surface area contributed by atoms with E-state index < -0.39 is 0 Å². The molecule has 8 nitrogen and oxygen atoms in total. The first kappa shape index (κ1) is 16.6. The number of hydrogen-bond donors (Lipinski definition) is 2. The van der Waals surface area contributed by atoms with E-state index in [2.05, 4.69) is 35.1 Å². The van der Waals surface area contributed by atoms with Crippen molar-refractivity contribution in [3.8, 4) is 0 Å². The van der Waals surface area contributed by atoms with E-state index in [1.54, 1.807) is 24.8 Å². The van der Waals surface area contributed by atoms with Crippen molar-refractivity contribution in [1.82, 2.24) is 34.8 Å². The van der Waals surface area contributed by atoms with Crippen LogP contribution in [0, 0.1) is 6.92 Å². The Morgan fingerprint density at radius 2 is 2.15 bits per heavy atom. The summed E-state index contributed by atoms with van der Waals surface area (Å²) in [7, 11) is 0. The van der Waals surface area contributed by atoms with Gasteiger partial charge in [-0.2, -0.15) is 0 Å². The lowest BCUT2D eigenvalue weighted by Gasteiger charge is -2.32. The number of hydrogen-bond acceptors (Lipinski definition) is 7. The molecule has 0 saturated carbocycles. The Morgan fingerprint density at radius 3 is 2.96 bits per heavy atom. The minimum absolute atomic E-state index is 0.394. The Bertz CT molecular complexity index is 834. The van der Waals surface area contributed by atoms with Gasteiger partial charge in [-0.25, -0.2) is 24.9 Å². The van der Waals surface area contributed by atoms with Gasteiger partial charge in [0.15, 0.2) is 0 Å². The van der Waals surface area contributed by atoms with Gasteiger partial charge in [-0.05, 0) is 32.4 Å². The van der Waals surface area contributed by atoms with E-state index in [1.807, 2.05) is 19.2 Å². The SMILES string of the molecule is Cc1nc(Nc2ncccn2)cc([C@H]2CCCN(Cc3cnc[nH]3)C2)n1. The number of nitrogens with one attached hydrogen (secondary N) is 2. The summed E-state index contributed by atoms with van der Waals surface area (Å²) >= 11 is 0. The molecule has 0 aliphatic carbocycles. The van der Waals surface area contributed by atoms with Crippen LogP contribution in [0.25, 0.3) is 0 Å². The van der Waals surface area contributed by atoms with Gasteiger partial charge in [0.1, 0.15) is 11.6 Å². The summed E-state index contributed by atoms with van der Waals surface area (Å²) in [6.45, 7) is 4.90. The maximum absolute atomic E-state index is 4.69. The number of likely N-dealkylation sites (tertiary alicyclic amines) is 1. The molecule has 0 amide bonds. The van der Waals surface area contributed by atoms with Crippen LogP contribution in [0.1, 0.15) is 36.0 Å². The molecule has 1 saturated heterocycles. The van der Waals surface area contributed by atoms with Crippen molar-refractivity contribution in [3.05, 3.63) is 54.3 Å². The summed E-state index contributed by atoms with van der Waals surface area (Å²) in [5, 5.41) is 3.17. The van der Waals surface area contributed by atoms with Gasteiger partial charge in [-0.15, -0.1) is 0 Å². The molecule has 134 valence electrons. The number of imidazole rings is 1. The molecule has 1 atom stereocenters. The second-order valence-corrected chi connectivity index (χ2v) is 6.57. The number of H-pyrrole nitrogens is 1. The van der Waals surface area contributed by atoms with Crippen LogP contribution in [-0.4, -0.2) is 47.9 Å². The highest BCUT2D eigenvalue weighted by Gasteiger charge is 2.23. The van der Waals surface area contributed by atoms with Crippen molar-refractivity contribution in [1.29, 1.82) is 0 Å². The minimum Gasteiger partial charge on any atom is -0.347 e. The Balaban J connectivity index is 1.49. The largest absolute Gasteiger partial charge is 0.347 e. The third kappa shape index (κ3) is 4.02. The zero-order valence-electron chi connectivity index (χ0n) is 14.8. The molecule has 0 unspecified atom stereocenters. The van der Waals surface area contributed by atoms with Gasteiger partial charge in [-0.1, -0.05) is 0 Å². The lowest BCUT2D eigenvalue weighted by molar-refractivity contribution is 0.196. The van der Waals surface area contributed by atoms with Crippen LogP contribution < -0.4 is 5.32 Å². The van der Waals surface area contributed by atoms with Crippen LogP contribution in [-0.2, 0) is 6.54 Å². The molecular weight excluding hydrogens is 328 g/mol. The second-order valence-electron chi connectivity index (χ2n) is 6.57. The first-order valence-corrected chi connectivity index (χ1v) is 8.85. The standard InChI is InChI=1S/C18H22N8/c1-13-23-16(8-17(24-13)25-18-20-5-3-6-21-18)14-4-2-7-26(10-14)11-15-9-19-12-22-15/h3,5-6,8-9,12,14H,2,4,7,10-11H2,1H3,(H,19,22)(H,20,21,23,24,25)/t14-/m0/s1. The number of piperidine rings is 1. The topological polar surface area (TPSA) is 95.5 Å². The predicted molar refractivity (Wildman–Crippen MR) is 97.9 cm³/mol. The molecule has 8 heteroatoms. The van der Waals surface area contributed by atoms with Crippen molar-refractivity contribution in [2.45, 2.75) is 32.2 Å². The van der Waals surface area contributed by atoms with Crippen LogP contribution in [0.5, 0.6) is 0 Å². The fourth-order valence-corrected chi connectivity index (χ4v) is 3.39. The average molecular weight is 350 g/mol. The zero-order valence-corrected chi connectivity index (χ0v) is 14.8. The summed E-state index contributed by atoms with van der Waals surface area (Å²) < 4.78 is 0. The van der Waals surface area contributed by atoms with E-state index in [0.29, 0.717) is 11.9 Å². The number of aromatic amines is 1. The monoisotopic (exact) mass is 350 g/mol. The van der Waals surface area contributed by atoms with Crippen molar-refractivity contribution < 1.29 is 0 Å². The van der Waals surface area contributed by atoms with Gasteiger partial charge in [0.05, 0.1) is 12.0 Å². The van der Waals surface area contributed by atoms with Gasteiger partial charge in [0.25, 0.3) is 0 Å². The number of aromatic nitrogens is 6. The highest BCUT2D eigenvalue weighted by molar-refractivity contribution is 5.48. The van der Waals surface area contributed by atoms with Gasteiger partial charge in [-0.3, -0.25) is 4.90 Å². The normalized spacial score (nSPS) is 18.0. The molecule has 4 rings (SSSR count). The van der Waals surface area contributed by atoms with Crippen LogP contribution in [0.4, 0.5) is 11.8 Å². The molecule has 26 heavy (non-hydrogen) atoms. The molecule has 0 spiro atoms. The van der Waals surface area contributed by atoms with E-state index in [4.69, 9.17) is 4.98 Å². The molecular formula is C18H22N8. The van der Waals surface area contributed by atoms with E-state index in [9.17, 15) is 0 Å². The lowest BCUT2D eigenvalue weighted by atomic mass is 9.94. The summed E-state index contributed by atoms with van der Waals surface area (Å²) in [4.78, 5) is 27.3. The summed E-state index contributed by atoms with van der Waals surface area (Å²) in [6.07, 6.45) is 9.33. The third-order valence-corrected chi connectivity index (χ3v) is 4.54. The Labute approximate surface area is 152 Å². The Kier molecular flexibility index (Phi) is 4.83. The van der Waals surface area contributed by atoms with E-state index in [-0.39, 0.29) is 0 Å². The van der Waals surface area contributed by atoms with Crippen LogP contribution in [0.3, 0.4) is 0 Å². The molecule has 3 aromatic rings. The highest BCUT2D eigenvalue weighted by atomic mass is 15.2. The molecule has 0 bridgehead atoms. The van der Waals surface area contributed by atoms with Crippen molar-refractivity contribution in [2.24, 2.45) is 0 Å². The molecule has 1 fully saturated rings. The fraction of sp³-hybridized carbons (Fsp3) is 0.389. The summed E-state index contributed by atoms with van der Waals surface area (Å²) in [6, 6.07) is 3.81. The second kappa shape index (κ2) is 7.57. The zero-order chi connectivity index (χ0) is 17.8. The van der Waals surface area contributed by atoms with Crippen LogP contribution in [0.2, 0.25) is 0 Å². The highest BCUT2D eigenvalue weighted by Crippen LogP contribution is 2.28. The first-order chi connectivity index (χ1) is 12.8. The maximum atomic E-state index is 4.69. The minimum atomic E-state index is 0.394. The third-order valence-electron chi connectivity index (χ3n) is 4.54. The average Bonchev–Trinajstić information content (AvgIpc) is 3.15. The van der Waals surface area contributed by atoms with Gasteiger partial charge in [0, 0.05) is 49.4 Å². The number of aryl methyl sites for hydroxylation is 1. The van der Waals surface area contributed by atoms with Crippen molar-refractivity contribution in [2.75, 3.05) is 18.4 Å². The molecule has 0 aromatic carbocycles. The first-order valence-electron chi connectivity index (χ1n) is 8.85. The number of rotatable bonds is 5. The molecule has 4 heterocycles. The van der Waals surface area contributed by atoms with E-state index in [0.717, 1.165) is 55.5 Å². The summed E-state index contributed by atoms with van der Waals surface area (Å²) in [5.41, 5.74) is 2.22. The number of nitrogens with zero attached hydrogens (tertiary/aromatic N) is 6. The van der Waals surface area contributed by atoms with Gasteiger partial charge < -0.3 is 10.3 Å². The molecule has 2 N–H and O–H groups in total. The quantitative estimate of drug-likeness (QED) is 0.729. The van der Waals surface area contributed by atoms with Crippen LogP contribution >= 0.6 is 0 Å². The molecule has 0 radical (unpaired) electrons. The van der Waals surface area contributed by atoms with E-state index in [1.165, 1.54) is 0 Å². The van der Waals surface area contributed by atoms with Crippen LogP contribution in [0.15, 0.2) is 37.1 Å². The predicted octanol–water partition coefficient (Wildman–Crippen LogP) is 2.42. The Morgan fingerprint density at radius 1 is 1.27 bits per heavy atom.